The van der Waals surface area contributed by atoms with E-state index in [1.807, 2.05) is 4.90 Å². The number of likely N-dealkylation sites (tertiary alicyclic amines) is 1. The predicted molar refractivity (Wildman–Crippen MR) is 77.0 cm³/mol. The topological polar surface area (TPSA) is 44.7 Å². The third kappa shape index (κ3) is 3.40. The smallest absolute Gasteiger partial charge is 0.244 e. The van der Waals surface area contributed by atoms with E-state index in [-0.39, 0.29) is 11.4 Å². The fourth-order valence-electron chi connectivity index (χ4n) is 2.22. The van der Waals surface area contributed by atoms with Crippen LogP contribution in [0.4, 0.5) is 0 Å². The van der Waals surface area contributed by atoms with Crippen LogP contribution >= 0.6 is 11.8 Å². The van der Waals surface area contributed by atoms with Gasteiger partial charge in [0.1, 0.15) is 6.54 Å². The van der Waals surface area contributed by atoms with Crippen molar-refractivity contribution < 1.29 is 4.79 Å². The van der Waals surface area contributed by atoms with E-state index in [2.05, 4.69) is 24.2 Å². The molecule has 2 aliphatic heterocycles. The Kier molecular flexibility index (Phi) is 4.54. The van der Waals surface area contributed by atoms with Crippen LogP contribution in [0.25, 0.3) is 0 Å². The molecule has 1 unspecified atom stereocenters. The van der Waals surface area contributed by atoms with Crippen molar-refractivity contribution in [3.8, 4) is 0 Å². The third-order valence-corrected chi connectivity index (χ3v) is 5.07. The molecule has 102 valence electrons. The average molecular weight is 269 g/mol. The third-order valence-electron chi connectivity index (χ3n) is 3.78. The van der Waals surface area contributed by atoms with Crippen molar-refractivity contribution in [2.24, 2.45) is 4.99 Å². The van der Waals surface area contributed by atoms with Crippen molar-refractivity contribution in [3.63, 3.8) is 0 Å². The Morgan fingerprint density at radius 2 is 2.17 bits per heavy atom. The van der Waals surface area contributed by atoms with Crippen LogP contribution in [-0.4, -0.2) is 46.9 Å². The number of hydrogen-bond acceptors (Lipinski definition) is 3. The van der Waals surface area contributed by atoms with E-state index >= 15 is 0 Å². The highest BCUT2D eigenvalue weighted by Gasteiger charge is 2.30. The quantitative estimate of drug-likeness (QED) is 0.850. The minimum absolute atomic E-state index is 0.150. The van der Waals surface area contributed by atoms with Gasteiger partial charge in [-0.2, -0.15) is 0 Å². The fraction of sp³-hybridized carbons (Fsp3) is 0.846. The molecule has 0 bridgehead atoms. The lowest BCUT2D eigenvalue weighted by Crippen LogP contribution is -2.40. The Morgan fingerprint density at radius 1 is 1.44 bits per heavy atom. The summed E-state index contributed by atoms with van der Waals surface area (Å²) in [5.74, 6) is 1.22. The lowest BCUT2D eigenvalue weighted by atomic mass is 10.0. The minimum atomic E-state index is 0.150. The maximum atomic E-state index is 12.0. The molecule has 0 aromatic heterocycles. The summed E-state index contributed by atoms with van der Waals surface area (Å²) in [5.41, 5.74) is 0.150. The van der Waals surface area contributed by atoms with Gasteiger partial charge in [-0.1, -0.05) is 18.7 Å². The van der Waals surface area contributed by atoms with Crippen molar-refractivity contribution >= 4 is 22.8 Å². The number of hydrogen-bond donors (Lipinski definition) is 1. The second-order valence-corrected chi connectivity index (χ2v) is 6.35. The van der Waals surface area contributed by atoms with Gasteiger partial charge in [0.05, 0.1) is 0 Å². The summed E-state index contributed by atoms with van der Waals surface area (Å²) in [6.45, 7) is 6.51. The predicted octanol–water partition coefficient (Wildman–Crippen LogP) is 1.86. The van der Waals surface area contributed by atoms with E-state index in [0.717, 1.165) is 43.3 Å². The van der Waals surface area contributed by atoms with Crippen LogP contribution in [0.2, 0.25) is 0 Å². The Hall–Kier alpha value is -0.710. The summed E-state index contributed by atoms with van der Waals surface area (Å²) in [6, 6.07) is 0. The summed E-state index contributed by atoms with van der Waals surface area (Å²) in [5, 5.41) is 4.35. The first kappa shape index (κ1) is 13.7. The molecule has 0 saturated carbocycles. The highest BCUT2D eigenvalue weighted by atomic mass is 32.2. The van der Waals surface area contributed by atoms with Gasteiger partial charge in [-0.3, -0.25) is 9.79 Å². The molecule has 5 heteroatoms. The summed E-state index contributed by atoms with van der Waals surface area (Å²) in [4.78, 5) is 18.3. The van der Waals surface area contributed by atoms with E-state index in [9.17, 15) is 4.79 Å². The monoisotopic (exact) mass is 269 g/mol. The summed E-state index contributed by atoms with van der Waals surface area (Å²) in [6.07, 6.45) is 4.62. The summed E-state index contributed by atoms with van der Waals surface area (Å²) < 4.78 is 0. The molecule has 2 fully saturated rings. The molecular weight excluding hydrogens is 246 g/mol. The molecule has 0 radical (unpaired) electrons. The normalized spacial score (nSPS) is 30.6. The first-order chi connectivity index (χ1) is 8.63. The Balaban J connectivity index is 1.82. The fourth-order valence-corrected chi connectivity index (χ4v) is 3.42. The molecule has 0 aromatic carbocycles. The molecule has 0 aliphatic carbocycles. The van der Waals surface area contributed by atoms with Gasteiger partial charge in [-0.25, -0.2) is 0 Å². The van der Waals surface area contributed by atoms with Crippen molar-refractivity contribution in [2.45, 2.75) is 45.1 Å². The molecule has 4 nitrogen and oxygen atoms in total. The highest BCUT2D eigenvalue weighted by Crippen LogP contribution is 2.25. The first-order valence-electron chi connectivity index (χ1n) is 6.86. The van der Waals surface area contributed by atoms with E-state index in [4.69, 9.17) is 0 Å². The number of amides is 1. The van der Waals surface area contributed by atoms with Gasteiger partial charge >= 0.3 is 0 Å². The standard InChI is InChI=1S/C13H23N3OS/c1-3-13(2)10-18-12(15-13)14-9-11(17)16-7-5-4-6-8-16/h3-10H2,1-2H3,(H,14,15). The second kappa shape index (κ2) is 5.95. The summed E-state index contributed by atoms with van der Waals surface area (Å²) in [7, 11) is 0. The molecule has 2 rings (SSSR count). The molecule has 2 saturated heterocycles. The van der Waals surface area contributed by atoms with Crippen LogP contribution < -0.4 is 5.32 Å². The van der Waals surface area contributed by atoms with Gasteiger partial charge < -0.3 is 10.2 Å². The molecule has 1 amide bonds. The number of amidine groups is 1. The lowest BCUT2D eigenvalue weighted by Gasteiger charge is -2.26. The molecule has 18 heavy (non-hydrogen) atoms. The number of nitrogens with zero attached hydrogens (tertiary/aromatic N) is 2. The first-order valence-corrected chi connectivity index (χ1v) is 7.85. The number of carbonyl (C=O) groups is 1. The van der Waals surface area contributed by atoms with Crippen LogP contribution in [0, 0.1) is 0 Å². The maximum Gasteiger partial charge on any atom is 0.244 e. The van der Waals surface area contributed by atoms with Crippen LogP contribution in [0.1, 0.15) is 39.5 Å². The zero-order valence-corrected chi connectivity index (χ0v) is 12.2. The zero-order valence-electron chi connectivity index (χ0n) is 11.4. The van der Waals surface area contributed by atoms with E-state index in [1.165, 1.54) is 6.42 Å². The largest absolute Gasteiger partial charge is 0.359 e. The average Bonchev–Trinajstić information content (AvgIpc) is 2.80. The molecule has 0 aromatic rings. The number of carbonyl (C=O) groups excluding carboxylic acids is 1. The Bertz CT molecular complexity index is 339. The van der Waals surface area contributed by atoms with Crippen LogP contribution in [0.5, 0.6) is 0 Å². The van der Waals surface area contributed by atoms with E-state index < -0.39 is 0 Å². The van der Waals surface area contributed by atoms with Gasteiger partial charge in [-0.05, 0) is 32.6 Å². The van der Waals surface area contributed by atoms with Crippen molar-refractivity contribution in [3.05, 3.63) is 0 Å². The maximum absolute atomic E-state index is 12.0. The number of thioether (sulfide) groups is 1. The van der Waals surface area contributed by atoms with E-state index in [0.29, 0.717) is 6.54 Å². The van der Waals surface area contributed by atoms with Crippen LogP contribution in [0.15, 0.2) is 4.99 Å². The SMILES string of the molecule is CCC1(C)CSC(=NCC(=O)N2CCCCC2)N1. The number of rotatable bonds is 3. The molecule has 2 heterocycles. The summed E-state index contributed by atoms with van der Waals surface area (Å²) >= 11 is 1.73. The van der Waals surface area contributed by atoms with Crippen molar-refractivity contribution in [1.29, 1.82) is 0 Å². The molecular formula is C13H23N3OS. The molecule has 0 spiro atoms. The number of nitrogens with one attached hydrogen (secondary N) is 1. The van der Waals surface area contributed by atoms with Gasteiger partial charge in [0, 0.05) is 24.4 Å². The minimum Gasteiger partial charge on any atom is -0.359 e. The second-order valence-electron chi connectivity index (χ2n) is 5.39. The lowest BCUT2D eigenvalue weighted by molar-refractivity contribution is -0.130. The number of piperidine rings is 1. The Labute approximate surface area is 114 Å². The zero-order chi connectivity index (χ0) is 13.0. The van der Waals surface area contributed by atoms with Gasteiger partial charge in [-0.15, -0.1) is 0 Å². The van der Waals surface area contributed by atoms with Gasteiger partial charge in [0.15, 0.2) is 5.17 Å². The molecule has 1 atom stereocenters. The Morgan fingerprint density at radius 3 is 2.78 bits per heavy atom. The van der Waals surface area contributed by atoms with Crippen LogP contribution in [-0.2, 0) is 4.79 Å². The van der Waals surface area contributed by atoms with Gasteiger partial charge in [0.25, 0.3) is 0 Å². The highest BCUT2D eigenvalue weighted by molar-refractivity contribution is 8.14. The van der Waals surface area contributed by atoms with Crippen molar-refractivity contribution in [2.75, 3.05) is 25.4 Å². The van der Waals surface area contributed by atoms with Crippen molar-refractivity contribution in [1.82, 2.24) is 10.2 Å². The number of aliphatic imine (C=N–C) groups is 1. The van der Waals surface area contributed by atoms with Crippen LogP contribution in [0.3, 0.4) is 0 Å². The molecule has 1 N–H and O–H groups in total. The molecule has 2 aliphatic rings. The van der Waals surface area contributed by atoms with Gasteiger partial charge in [0.2, 0.25) is 5.91 Å². The van der Waals surface area contributed by atoms with E-state index in [1.54, 1.807) is 11.8 Å².